The standard InChI is InChI=1S/C18H29N3O2/c1-18(2,19)17(22)20-13-15(21-11-7-4-8-12-21)14-9-5-6-10-16(14)23-3/h5-6,9-10,15H,4,7-8,11-13,19H2,1-3H3,(H,20,22). The number of para-hydroxylation sites is 1. The van der Waals surface area contributed by atoms with Crippen molar-refractivity contribution in [3.8, 4) is 5.75 Å². The van der Waals surface area contributed by atoms with E-state index in [2.05, 4.69) is 16.3 Å². The van der Waals surface area contributed by atoms with Gasteiger partial charge >= 0.3 is 0 Å². The first-order chi connectivity index (χ1) is 10.9. The SMILES string of the molecule is COc1ccccc1C(CNC(=O)C(C)(C)N)N1CCCCC1. The number of piperidine rings is 1. The Hall–Kier alpha value is -1.59. The summed E-state index contributed by atoms with van der Waals surface area (Å²) in [5, 5.41) is 3.01. The van der Waals surface area contributed by atoms with Crippen molar-refractivity contribution in [2.24, 2.45) is 5.73 Å². The van der Waals surface area contributed by atoms with Crippen LogP contribution >= 0.6 is 0 Å². The van der Waals surface area contributed by atoms with E-state index < -0.39 is 5.54 Å². The maximum absolute atomic E-state index is 12.2. The highest BCUT2D eigenvalue weighted by Gasteiger charge is 2.27. The summed E-state index contributed by atoms with van der Waals surface area (Å²) in [5.41, 5.74) is 6.14. The van der Waals surface area contributed by atoms with E-state index in [1.165, 1.54) is 19.3 Å². The monoisotopic (exact) mass is 319 g/mol. The number of hydrogen-bond acceptors (Lipinski definition) is 4. The molecule has 1 fully saturated rings. The predicted octanol–water partition coefficient (Wildman–Crippen LogP) is 2.08. The maximum atomic E-state index is 12.2. The lowest BCUT2D eigenvalue weighted by Crippen LogP contribution is -2.51. The second-order valence-electron chi connectivity index (χ2n) is 6.79. The van der Waals surface area contributed by atoms with E-state index in [9.17, 15) is 4.79 Å². The second-order valence-corrected chi connectivity index (χ2v) is 6.79. The highest BCUT2D eigenvalue weighted by molar-refractivity contribution is 5.85. The van der Waals surface area contributed by atoms with Crippen molar-refractivity contribution in [1.29, 1.82) is 0 Å². The molecule has 1 saturated heterocycles. The normalized spacial score (nSPS) is 17.6. The largest absolute Gasteiger partial charge is 0.496 e. The van der Waals surface area contributed by atoms with Crippen LogP contribution in [0.15, 0.2) is 24.3 Å². The molecule has 1 aromatic carbocycles. The summed E-state index contributed by atoms with van der Waals surface area (Å²) in [5.74, 6) is 0.735. The van der Waals surface area contributed by atoms with Crippen molar-refractivity contribution >= 4 is 5.91 Å². The molecule has 1 aromatic rings. The summed E-state index contributed by atoms with van der Waals surface area (Å²) in [6.07, 6.45) is 3.67. The summed E-state index contributed by atoms with van der Waals surface area (Å²) in [6, 6.07) is 8.15. The number of amides is 1. The fourth-order valence-electron chi connectivity index (χ4n) is 3.02. The molecule has 5 heteroatoms. The van der Waals surface area contributed by atoms with Crippen LogP contribution in [0.25, 0.3) is 0 Å². The van der Waals surface area contributed by atoms with Gasteiger partial charge in [0.1, 0.15) is 5.75 Å². The average Bonchev–Trinajstić information content (AvgIpc) is 2.55. The minimum Gasteiger partial charge on any atom is -0.496 e. The minimum absolute atomic E-state index is 0.109. The Labute approximate surface area is 139 Å². The average molecular weight is 319 g/mol. The molecular weight excluding hydrogens is 290 g/mol. The molecule has 0 saturated carbocycles. The Kier molecular flexibility index (Phi) is 6.02. The van der Waals surface area contributed by atoms with Crippen LogP contribution in [0.5, 0.6) is 5.75 Å². The third-order valence-electron chi connectivity index (χ3n) is 4.37. The topological polar surface area (TPSA) is 67.6 Å². The molecule has 1 amide bonds. The van der Waals surface area contributed by atoms with Crippen molar-refractivity contribution in [3.63, 3.8) is 0 Å². The van der Waals surface area contributed by atoms with Crippen molar-refractivity contribution in [2.75, 3.05) is 26.7 Å². The molecule has 1 unspecified atom stereocenters. The number of nitrogens with one attached hydrogen (secondary N) is 1. The molecule has 1 aliphatic rings. The lowest BCUT2D eigenvalue weighted by molar-refractivity contribution is -0.125. The van der Waals surface area contributed by atoms with Crippen LogP contribution in [0.2, 0.25) is 0 Å². The fraction of sp³-hybridized carbons (Fsp3) is 0.611. The van der Waals surface area contributed by atoms with Gasteiger partial charge in [0.05, 0.1) is 18.7 Å². The summed E-state index contributed by atoms with van der Waals surface area (Å²) in [7, 11) is 1.69. The third kappa shape index (κ3) is 4.69. The number of nitrogens with zero attached hydrogens (tertiary/aromatic N) is 1. The van der Waals surface area contributed by atoms with Gasteiger partial charge in [-0.2, -0.15) is 0 Å². The fourth-order valence-corrected chi connectivity index (χ4v) is 3.02. The van der Waals surface area contributed by atoms with Gasteiger partial charge in [-0.3, -0.25) is 9.69 Å². The summed E-state index contributed by atoms with van der Waals surface area (Å²) < 4.78 is 5.53. The van der Waals surface area contributed by atoms with Gasteiger partial charge in [0.25, 0.3) is 0 Å². The quantitative estimate of drug-likeness (QED) is 0.842. The molecule has 2 rings (SSSR count). The molecule has 1 atom stereocenters. The van der Waals surface area contributed by atoms with Crippen LogP contribution in [0.3, 0.4) is 0 Å². The molecule has 128 valence electrons. The smallest absolute Gasteiger partial charge is 0.239 e. The summed E-state index contributed by atoms with van der Waals surface area (Å²) in [6.45, 7) is 6.08. The molecule has 0 bridgehead atoms. The Morgan fingerprint density at radius 1 is 1.30 bits per heavy atom. The van der Waals surface area contributed by atoms with E-state index in [4.69, 9.17) is 10.5 Å². The number of benzene rings is 1. The van der Waals surface area contributed by atoms with Gasteiger partial charge in [-0.15, -0.1) is 0 Å². The van der Waals surface area contributed by atoms with Crippen molar-refractivity contribution in [1.82, 2.24) is 10.2 Å². The molecule has 0 aliphatic carbocycles. The van der Waals surface area contributed by atoms with Gasteiger partial charge in [-0.25, -0.2) is 0 Å². The van der Waals surface area contributed by atoms with Gasteiger partial charge < -0.3 is 15.8 Å². The lowest BCUT2D eigenvalue weighted by atomic mass is 9.99. The Balaban J connectivity index is 2.19. The molecule has 1 aliphatic heterocycles. The molecule has 0 radical (unpaired) electrons. The van der Waals surface area contributed by atoms with Crippen molar-refractivity contribution in [2.45, 2.75) is 44.7 Å². The van der Waals surface area contributed by atoms with Gasteiger partial charge in [-0.05, 0) is 45.8 Å². The molecule has 1 heterocycles. The van der Waals surface area contributed by atoms with Gasteiger partial charge in [0.2, 0.25) is 5.91 Å². The van der Waals surface area contributed by atoms with Crippen LogP contribution in [-0.4, -0.2) is 43.1 Å². The summed E-state index contributed by atoms with van der Waals surface area (Å²) in [4.78, 5) is 14.6. The molecule has 0 aromatic heterocycles. The Morgan fingerprint density at radius 3 is 2.57 bits per heavy atom. The zero-order chi connectivity index (χ0) is 16.9. The van der Waals surface area contributed by atoms with E-state index in [-0.39, 0.29) is 11.9 Å². The first-order valence-corrected chi connectivity index (χ1v) is 8.37. The van der Waals surface area contributed by atoms with Gasteiger partial charge in [-0.1, -0.05) is 24.6 Å². The van der Waals surface area contributed by atoms with Gasteiger partial charge in [0.15, 0.2) is 0 Å². The van der Waals surface area contributed by atoms with E-state index in [0.29, 0.717) is 6.54 Å². The zero-order valence-corrected chi connectivity index (χ0v) is 14.5. The first-order valence-electron chi connectivity index (χ1n) is 8.37. The Bertz CT molecular complexity index is 519. The van der Waals surface area contributed by atoms with Crippen LogP contribution < -0.4 is 15.8 Å². The maximum Gasteiger partial charge on any atom is 0.239 e. The zero-order valence-electron chi connectivity index (χ0n) is 14.5. The van der Waals surface area contributed by atoms with Crippen molar-refractivity contribution < 1.29 is 9.53 Å². The second kappa shape index (κ2) is 7.79. The van der Waals surface area contributed by atoms with Crippen LogP contribution in [0.4, 0.5) is 0 Å². The first kappa shape index (κ1) is 17.8. The van der Waals surface area contributed by atoms with E-state index in [0.717, 1.165) is 24.4 Å². The highest BCUT2D eigenvalue weighted by atomic mass is 16.5. The number of methoxy groups -OCH3 is 1. The number of ether oxygens (including phenoxy) is 1. The molecule has 5 nitrogen and oxygen atoms in total. The van der Waals surface area contributed by atoms with Gasteiger partial charge in [0, 0.05) is 12.1 Å². The molecular formula is C18H29N3O2. The van der Waals surface area contributed by atoms with E-state index in [1.54, 1.807) is 21.0 Å². The molecule has 23 heavy (non-hydrogen) atoms. The Morgan fingerprint density at radius 2 is 1.96 bits per heavy atom. The molecule has 0 spiro atoms. The minimum atomic E-state index is -0.868. The number of nitrogens with two attached hydrogens (primary N) is 1. The summed E-state index contributed by atoms with van der Waals surface area (Å²) >= 11 is 0. The third-order valence-corrected chi connectivity index (χ3v) is 4.37. The number of likely N-dealkylation sites (tertiary alicyclic amines) is 1. The lowest BCUT2D eigenvalue weighted by Gasteiger charge is -2.36. The number of carbonyl (C=O) groups is 1. The predicted molar refractivity (Wildman–Crippen MR) is 92.4 cm³/mol. The number of hydrogen-bond donors (Lipinski definition) is 2. The number of rotatable bonds is 6. The highest BCUT2D eigenvalue weighted by Crippen LogP contribution is 2.30. The van der Waals surface area contributed by atoms with Crippen LogP contribution in [0.1, 0.15) is 44.7 Å². The number of carbonyl (C=O) groups excluding carboxylic acids is 1. The molecule has 3 N–H and O–H groups in total. The van der Waals surface area contributed by atoms with E-state index in [1.807, 2.05) is 18.2 Å². The van der Waals surface area contributed by atoms with Crippen LogP contribution in [0, 0.1) is 0 Å². The van der Waals surface area contributed by atoms with Crippen molar-refractivity contribution in [3.05, 3.63) is 29.8 Å². The van der Waals surface area contributed by atoms with E-state index >= 15 is 0 Å². The van der Waals surface area contributed by atoms with Crippen LogP contribution in [-0.2, 0) is 4.79 Å².